The Bertz CT molecular complexity index is 1700. The number of ether oxygens (including phenoxy) is 4. The molecule has 2 saturated heterocycles. The zero-order valence-corrected chi connectivity index (χ0v) is 24.9. The molecule has 2 fully saturated rings. The van der Waals surface area contributed by atoms with Gasteiger partial charge in [-0.25, -0.2) is 0 Å². The molecule has 46 heavy (non-hydrogen) atoms. The van der Waals surface area contributed by atoms with Gasteiger partial charge in [0.15, 0.2) is 0 Å². The van der Waals surface area contributed by atoms with Gasteiger partial charge in [0, 0.05) is 11.1 Å². The molecular weight excluding hydrogens is 580 g/mol. The Kier molecular flexibility index (Phi) is 8.24. The summed E-state index contributed by atoms with van der Waals surface area (Å²) < 4.78 is 24.7. The van der Waals surface area contributed by atoms with E-state index in [2.05, 4.69) is 10.6 Å². The molecule has 8 heteroatoms. The number of nitrogens with one attached hydrogen (secondary N) is 2. The third-order valence-electron chi connectivity index (χ3n) is 8.12. The molecule has 2 amide bonds. The number of β-lactam (4-membered cyclic amide) rings is 2. The summed E-state index contributed by atoms with van der Waals surface area (Å²) in [6, 6.07) is 41.3. The molecule has 0 aliphatic carbocycles. The van der Waals surface area contributed by atoms with Gasteiger partial charge >= 0.3 is 0 Å². The lowest BCUT2D eigenvalue weighted by atomic mass is 9.93. The Morgan fingerprint density at radius 3 is 1.24 bits per heavy atom. The molecule has 8 nitrogen and oxygen atoms in total. The number of hydrogen-bond donors (Lipinski definition) is 2. The molecule has 2 N–H and O–H groups in total. The van der Waals surface area contributed by atoms with Gasteiger partial charge in [0.2, 0.25) is 12.2 Å². The van der Waals surface area contributed by atoms with Crippen LogP contribution in [0.15, 0.2) is 133 Å². The van der Waals surface area contributed by atoms with Crippen molar-refractivity contribution < 1.29 is 28.5 Å². The van der Waals surface area contributed by atoms with Gasteiger partial charge in [-0.3, -0.25) is 9.59 Å². The molecular formula is C38H32N2O6. The molecule has 7 rings (SSSR count). The molecule has 5 aromatic rings. The van der Waals surface area contributed by atoms with Crippen LogP contribution >= 0.6 is 0 Å². The van der Waals surface area contributed by atoms with E-state index in [4.69, 9.17) is 18.9 Å². The highest BCUT2D eigenvalue weighted by Gasteiger charge is 2.44. The number of hydrogen-bond acceptors (Lipinski definition) is 6. The van der Waals surface area contributed by atoms with E-state index in [1.54, 1.807) is 0 Å². The smallest absolute Gasteiger partial charge is 0.264 e. The third kappa shape index (κ3) is 6.10. The standard InChI is InChI=1S/C38H32N2O6/c41-37-35(45-27-15-3-1-4-16-27)33(39-37)29-19-9-11-21-31(29)43-23-25-13-7-8-14-26(25)24-44-32-22-12-10-20-30(32)34-36(38(42)40-34)46-28-17-5-2-6-18-28/h1-22,33-36H,23-24H2,(H,39,41)(H,40,42)/t33-,34+,35+,36-. The van der Waals surface area contributed by atoms with Gasteiger partial charge in [-0.15, -0.1) is 0 Å². The van der Waals surface area contributed by atoms with E-state index >= 15 is 0 Å². The molecule has 4 atom stereocenters. The Balaban J connectivity index is 1.03. The Labute approximate surface area is 266 Å². The summed E-state index contributed by atoms with van der Waals surface area (Å²) in [5.41, 5.74) is 3.62. The fraction of sp³-hybridized carbons (Fsp3) is 0.158. The van der Waals surface area contributed by atoms with Crippen LogP contribution in [0.2, 0.25) is 0 Å². The average Bonchev–Trinajstić information content (AvgIpc) is 3.10. The molecule has 0 aromatic heterocycles. The molecule has 0 radical (unpaired) electrons. The zero-order valence-electron chi connectivity index (χ0n) is 24.9. The monoisotopic (exact) mass is 612 g/mol. The van der Waals surface area contributed by atoms with Crippen LogP contribution in [0.1, 0.15) is 34.3 Å². The summed E-state index contributed by atoms with van der Waals surface area (Å²) in [7, 11) is 0. The van der Waals surface area contributed by atoms with E-state index in [9.17, 15) is 9.59 Å². The second-order valence-electron chi connectivity index (χ2n) is 11.1. The fourth-order valence-corrected chi connectivity index (χ4v) is 5.64. The van der Waals surface area contributed by atoms with Crippen LogP contribution in [0, 0.1) is 0 Å². The zero-order chi connectivity index (χ0) is 31.3. The minimum atomic E-state index is -0.647. The van der Waals surface area contributed by atoms with Crippen molar-refractivity contribution in [1.29, 1.82) is 0 Å². The van der Waals surface area contributed by atoms with E-state index in [1.807, 2.05) is 133 Å². The first-order valence-corrected chi connectivity index (χ1v) is 15.2. The number of carbonyl (C=O) groups excluding carboxylic acids is 2. The van der Waals surface area contributed by atoms with E-state index in [-0.39, 0.29) is 23.9 Å². The van der Waals surface area contributed by atoms with Crippen molar-refractivity contribution in [3.05, 3.63) is 156 Å². The summed E-state index contributed by atoms with van der Waals surface area (Å²) in [5.74, 6) is 2.29. The molecule has 2 aliphatic rings. The van der Waals surface area contributed by atoms with Crippen molar-refractivity contribution in [3.63, 3.8) is 0 Å². The van der Waals surface area contributed by atoms with Crippen LogP contribution in [-0.4, -0.2) is 24.0 Å². The van der Waals surface area contributed by atoms with Crippen LogP contribution < -0.4 is 29.6 Å². The largest absolute Gasteiger partial charge is 0.489 e. The average molecular weight is 613 g/mol. The summed E-state index contributed by atoms with van der Waals surface area (Å²) >= 11 is 0. The second-order valence-corrected chi connectivity index (χ2v) is 11.1. The second kappa shape index (κ2) is 13.1. The van der Waals surface area contributed by atoms with E-state index in [0.717, 1.165) is 22.3 Å². The normalized spacial score (nSPS) is 19.9. The number of benzene rings is 5. The SMILES string of the molecule is O=C1N[C@H](c2ccccc2OCc2ccccc2COc2ccccc2[C@@H]2NC(=O)[C@@H]2Oc2ccccc2)[C@@H]1Oc1ccccc1. The predicted molar refractivity (Wildman–Crippen MR) is 171 cm³/mol. The molecule has 0 spiro atoms. The first-order chi connectivity index (χ1) is 22.6. The van der Waals surface area contributed by atoms with Gasteiger partial charge in [-0.05, 0) is 47.5 Å². The summed E-state index contributed by atoms with van der Waals surface area (Å²) in [5, 5.41) is 5.92. The lowest BCUT2D eigenvalue weighted by molar-refractivity contribution is -0.141. The number of carbonyl (C=O) groups is 2. The first kappa shape index (κ1) is 29.0. The molecule has 2 heterocycles. The summed E-state index contributed by atoms with van der Waals surface area (Å²) in [4.78, 5) is 24.9. The van der Waals surface area contributed by atoms with Crippen molar-refractivity contribution >= 4 is 11.8 Å². The molecule has 0 unspecified atom stereocenters. The predicted octanol–water partition coefficient (Wildman–Crippen LogP) is 6.08. The Morgan fingerprint density at radius 1 is 0.457 bits per heavy atom. The van der Waals surface area contributed by atoms with Crippen molar-refractivity contribution in [2.75, 3.05) is 0 Å². The minimum Gasteiger partial charge on any atom is -0.489 e. The van der Waals surface area contributed by atoms with Gasteiger partial charge in [0.1, 0.15) is 48.3 Å². The highest BCUT2D eigenvalue weighted by Crippen LogP contribution is 2.36. The fourth-order valence-electron chi connectivity index (χ4n) is 5.64. The van der Waals surface area contributed by atoms with Gasteiger partial charge in [0.25, 0.3) is 11.8 Å². The number of para-hydroxylation sites is 4. The van der Waals surface area contributed by atoms with Crippen molar-refractivity contribution in [3.8, 4) is 23.0 Å². The third-order valence-corrected chi connectivity index (χ3v) is 8.12. The quantitative estimate of drug-likeness (QED) is 0.166. The topological polar surface area (TPSA) is 95.1 Å². The highest BCUT2D eigenvalue weighted by atomic mass is 16.5. The maximum atomic E-state index is 12.4. The van der Waals surface area contributed by atoms with Crippen LogP contribution in [0.5, 0.6) is 23.0 Å². The molecule has 5 aromatic carbocycles. The molecule has 230 valence electrons. The molecule has 2 aliphatic heterocycles. The van der Waals surface area contributed by atoms with Crippen molar-refractivity contribution in [1.82, 2.24) is 10.6 Å². The van der Waals surface area contributed by atoms with Crippen molar-refractivity contribution in [2.45, 2.75) is 37.5 Å². The van der Waals surface area contributed by atoms with E-state index in [1.165, 1.54) is 0 Å². The highest BCUT2D eigenvalue weighted by molar-refractivity contribution is 5.90. The van der Waals surface area contributed by atoms with Gasteiger partial charge in [-0.2, -0.15) is 0 Å². The van der Waals surface area contributed by atoms with Crippen LogP contribution in [0.3, 0.4) is 0 Å². The summed E-state index contributed by atoms with van der Waals surface area (Å²) in [6.07, 6.45) is -1.29. The summed E-state index contributed by atoms with van der Waals surface area (Å²) in [6.45, 7) is 0.601. The lowest BCUT2D eigenvalue weighted by Gasteiger charge is -2.37. The maximum absolute atomic E-state index is 12.4. The Morgan fingerprint density at radius 2 is 0.826 bits per heavy atom. The van der Waals surface area contributed by atoms with Crippen LogP contribution in [0.25, 0.3) is 0 Å². The molecule has 0 saturated carbocycles. The Hall–Kier alpha value is -5.76. The molecule has 0 bridgehead atoms. The maximum Gasteiger partial charge on any atom is 0.264 e. The number of rotatable bonds is 12. The minimum absolute atomic E-state index is 0.161. The van der Waals surface area contributed by atoms with Crippen molar-refractivity contribution in [2.24, 2.45) is 0 Å². The number of amides is 2. The van der Waals surface area contributed by atoms with Gasteiger partial charge in [-0.1, -0.05) is 97.1 Å². The van der Waals surface area contributed by atoms with Crippen LogP contribution in [0.4, 0.5) is 0 Å². The van der Waals surface area contributed by atoms with Crippen LogP contribution in [-0.2, 0) is 22.8 Å². The van der Waals surface area contributed by atoms with E-state index in [0.29, 0.717) is 36.2 Å². The van der Waals surface area contributed by atoms with Gasteiger partial charge in [0.05, 0.1) is 0 Å². The van der Waals surface area contributed by atoms with Gasteiger partial charge < -0.3 is 29.6 Å². The lowest BCUT2D eigenvalue weighted by Crippen LogP contribution is -2.58. The first-order valence-electron chi connectivity index (χ1n) is 15.2. The van der Waals surface area contributed by atoms with E-state index < -0.39 is 12.2 Å².